The summed E-state index contributed by atoms with van der Waals surface area (Å²) < 4.78 is 5.10. The maximum atomic E-state index is 13.3. The molecule has 0 radical (unpaired) electrons. The zero-order valence-electron chi connectivity index (χ0n) is 15.8. The van der Waals surface area contributed by atoms with E-state index in [4.69, 9.17) is 4.42 Å². The molecule has 5 aliphatic rings. The Hall–Kier alpha value is -1.78. The smallest absolute Gasteiger partial charge is 0.254 e. The number of carbonyl (C=O) groups excluding carboxylic acids is 2. The van der Waals surface area contributed by atoms with Crippen LogP contribution in [0.3, 0.4) is 0 Å². The first kappa shape index (κ1) is 16.4. The zero-order valence-corrected chi connectivity index (χ0v) is 15.8. The van der Waals surface area contributed by atoms with Crippen LogP contribution in [0, 0.1) is 42.4 Å². The third-order valence-corrected chi connectivity index (χ3v) is 8.03. The lowest BCUT2D eigenvalue weighted by Gasteiger charge is -2.38. The normalized spacial score (nSPS) is 38.7. The highest BCUT2D eigenvalue weighted by Crippen LogP contribution is 2.73. The second-order valence-corrected chi connectivity index (χ2v) is 9.47. The van der Waals surface area contributed by atoms with Gasteiger partial charge in [-0.25, -0.2) is 0 Å². The van der Waals surface area contributed by atoms with E-state index in [0.29, 0.717) is 35.8 Å². The van der Waals surface area contributed by atoms with Crippen LogP contribution in [-0.4, -0.2) is 35.3 Å². The fourth-order valence-electron chi connectivity index (χ4n) is 6.42. The van der Waals surface area contributed by atoms with E-state index in [1.807, 2.05) is 6.92 Å². The Morgan fingerprint density at radius 1 is 1.27 bits per heavy atom. The van der Waals surface area contributed by atoms with Crippen LogP contribution in [0.2, 0.25) is 0 Å². The Labute approximate surface area is 154 Å². The first-order valence-electron chi connectivity index (χ1n) is 10.0. The Morgan fingerprint density at radius 3 is 2.58 bits per heavy atom. The van der Waals surface area contributed by atoms with Crippen molar-refractivity contribution in [3.8, 4) is 0 Å². The summed E-state index contributed by atoms with van der Waals surface area (Å²) >= 11 is 0. The fraction of sp³-hybridized carbons (Fsp3) is 0.714. The molecule has 4 aliphatic carbocycles. The van der Waals surface area contributed by atoms with Crippen LogP contribution in [-0.2, 0) is 4.79 Å². The summed E-state index contributed by atoms with van der Waals surface area (Å²) in [4.78, 5) is 27.8. The molecule has 1 saturated heterocycles. The molecule has 26 heavy (non-hydrogen) atoms. The van der Waals surface area contributed by atoms with Gasteiger partial charge >= 0.3 is 0 Å². The first-order chi connectivity index (χ1) is 12.4. The number of amides is 2. The average molecular weight is 356 g/mol. The molecule has 0 spiro atoms. The van der Waals surface area contributed by atoms with Crippen molar-refractivity contribution in [1.29, 1.82) is 0 Å². The van der Waals surface area contributed by atoms with Gasteiger partial charge in [0.25, 0.3) is 5.91 Å². The molecular formula is C21H28N2O3. The highest BCUT2D eigenvalue weighted by atomic mass is 16.3. The number of rotatable bonds is 4. The molecule has 2 heterocycles. The number of nitrogens with one attached hydrogen (secondary N) is 1. The molecule has 1 aliphatic heterocycles. The minimum atomic E-state index is -0.201. The van der Waals surface area contributed by atoms with Crippen LogP contribution in [0.1, 0.15) is 49.0 Å². The van der Waals surface area contributed by atoms with E-state index in [1.54, 1.807) is 6.26 Å². The van der Waals surface area contributed by atoms with Crippen molar-refractivity contribution in [1.82, 2.24) is 10.2 Å². The number of aryl methyl sites for hydroxylation is 1. The molecular weight excluding hydrogens is 328 g/mol. The van der Waals surface area contributed by atoms with E-state index in [9.17, 15) is 9.59 Å². The highest BCUT2D eigenvalue weighted by molar-refractivity contribution is 5.95. The molecule has 1 N–H and O–H groups in total. The largest absolute Gasteiger partial charge is 0.471 e. The lowest BCUT2D eigenvalue weighted by molar-refractivity contribution is -0.140. The standard InChI is InChI=1S/C21H28N2O3/c1-11-9-26-10-16(11)19(24)22-8-13-4-5-23(21(13,2)3)20(25)17-12-6-14-15(7-12)18(14)17/h9-10,12-15,17-18H,4-8H2,1-3H3,(H,22,24). The van der Waals surface area contributed by atoms with Gasteiger partial charge in [0.1, 0.15) is 6.26 Å². The number of nitrogens with zero attached hydrogens (tertiary/aromatic N) is 1. The summed E-state index contributed by atoms with van der Waals surface area (Å²) in [5.41, 5.74) is 1.25. The fourth-order valence-corrected chi connectivity index (χ4v) is 6.42. The molecule has 6 rings (SSSR count). The van der Waals surface area contributed by atoms with E-state index >= 15 is 0 Å². The Balaban J connectivity index is 1.24. The van der Waals surface area contributed by atoms with Crippen LogP contribution in [0.25, 0.3) is 0 Å². The predicted molar refractivity (Wildman–Crippen MR) is 96.4 cm³/mol. The minimum absolute atomic E-state index is 0.0886. The molecule has 5 heteroatoms. The van der Waals surface area contributed by atoms with Crippen LogP contribution in [0.4, 0.5) is 0 Å². The van der Waals surface area contributed by atoms with Gasteiger partial charge < -0.3 is 14.6 Å². The van der Waals surface area contributed by atoms with Crippen LogP contribution >= 0.6 is 0 Å². The number of likely N-dealkylation sites (tertiary alicyclic amines) is 1. The summed E-state index contributed by atoms with van der Waals surface area (Å²) in [5.74, 6) is 3.98. The van der Waals surface area contributed by atoms with Crippen molar-refractivity contribution in [2.24, 2.45) is 35.5 Å². The van der Waals surface area contributed by atoms with Gasteiger partial charge in [-0.15, -0.1) is 0 Å². The summed E-state index contributed by atoms with van der Waals surface area (Å²) in [6.07, 6.45) is 6.64. The van der Waals surface area contributed by atoms with Gasteiger partial charge in [0.05, 0.1) is 11.8 Å². The number of hydrogen-bond acceptors (Lipinski definition) is 3. The monoisotopic (exact) mass is 356 g/mol. The molecule has 140 valence electrons. The van der Waals surface area contributed by atoms with Crippen LogP contribution in [0.15, 0.2) is 16.9 Å². The maximum Gasteiger partial charge on any atom is 0.254 e. The van der Waals surface area contributed by atoms with Crippen molar-refractivity contribution in [2.75, 3.05) is 13.1 Å². The molecule has 0 aromatic carbocycles. The quantitative estimate of drug-likeness (QED) is 0.902. The van der Waals surface area contributed by atoms with Gasteiger partial charge in [-0.1, -0.05) is 0 Å². The lowest BCUT2D eigenvalue weighted by atomic mass is 9.87. The lowest BCUT2D eigenvalue weighted by Crippen LogP contribution is -2.51. The molecule has 4 bridgehead atoms. The molecule has 5 nitrogen and oxygen atoms in total. The molecule has 1 aromatic rings. The van der Waals surface area contributed by atoms with E-state index in [-0.39, 0.29) is 17.4 Å². The first-order valence-corrected chi connectivity index (χ1v) is 10.0. The van der Waals surface area contributed by atoms with Crippen molar-refractivity contribution < 1.29 is 14.0 Å². The summed E-state index contributed by atoms with van der Waals surface area (Å²) in [7, 11) is 0. The maximum absolute atomic E-state index is 13.3. The van der Waals surface area contributed by atoms with Gasteiger partial charge in [0.15, 0.2) is 0 Å². The third kappa shape index (κ3) is 2.15. The Morgan fingerprint density at radius 2 is 2.00 bits per heavy atom. The summed E-state index contributed by atoms with van der Waals surface area (Å²) in [5, 5.41) is 3.05. The van der Waals surface area contributed by atoms with Gasteiger partial charge in [-0.2, -0.15) is 0 Å². The molecule has 4 atom stereocenters. The molecule has 1 aromatic heterocycles. The summed E-state index contributed by atoms with van der Waals surface area (Å²) in [6, 6.07) is 0. The summed E-state index contributed by atoms with van der Waals surface area (Å²) in [6.45, 7) is 7.63. The third-order valence-electron chi connectivity index (χ3n) is 8.03. The van der Waals surface area contributed by atoms with Crippen molar-refractivity contribution >= 4 is 11.8 Å². The molecule has 2 amide bonds. The van der Waals surface area contributed by atoms with Gasteiger partial charge in [0.2, 0.25) is 5.91 Å². The van der Waals surface area contributed by atoms with Gasteiger partial charge in [-0.05, 0) is 69.3 Å². The highest BCUT2D eigenvalue weighted by Gasteiger charge is 2.71. The average Bonchev–Trinajstić information content (AvgIpc) is 3.17. The number of carbonyl (C=O) groups is 2. The second kappa shape index (κ2) is 5.37. The van der Waals surface area contributed by atoms with Crippen molar-refractivity contribution in [3.63, 3.8) is 0 Å². The molecule has 4 saturated carbocycles. The van der Waals surface area contributed by atoms with Crippen molar-refractivity contribution in [3.05, 3.63) is 23.7 Å². The van der Waals surface area contributed by atoms with E-state index < -0.39 is 0 Å². The van der Waals surface area contributed by atoms with E-state index in [2.05, 4.69) is 24.1 Å². The van der Waals surface area contributed by atoms with Gasteiger partial charge in [0, 0.05) is 30.5 Å². The predicted octanol–water partition coefficient (Wildman–Crippen LogP) is 2.85. The SMILES string of the molecule is Cc1cocc1C(=O)NCC1CCN(C(=O)C2C3CC4C(C3)C42)C1(C)C. The van der Waals surface area contributed by atoms with Crippen molar-refractivity contribution in [2.45, 2.75) is 45.6 Å². The molecule has 4 unspecified atom stereocenters. The Bertz CT molecular complexity index is 753. The van der Waals surface area contributed by atoms with E-state index in [0.717, 1.165) is 30.4 Å². The molecule has 5 fully saturated rings. The zero-order chi connectivity index (χ0) is 18.2. The van der Waals surface area contributed by atoms with E-state index in [1.165, 1.54) is 19.1 Å². The van der Waals surface area contributed by atoms with Crippen LogP contribution in [0.5, 0.6) is 0 Å². The number of hydrogen-bond donors (Lipinski definition) is 1. The minimum Gasteiger partial charge on any atom is -0.471 e. The second-order valence-electron chi connectivity index (χ2n) is 9.47. The topological polar surface area (TPSA) is 62.6 Å². The number of furan rings is 1. The van der Waals surface area contributed by atoms with Crippen LogP contribution < -0.4 is 5.32 Å². The Kier molecular flexibility index (Phi) is 3.38. The van der Waals surface area contributed by atoms with Gasteiger partial charge in [-0.3, -0.25) is 9.59 Å².